The van der Waals surface area contributed by atoms with Crippen molar-refractivity contribution in [3.63, 3.8) is 0 Å². The van der Waals surface area contributed by atoms with E-state index in [9.17, 15) is 12.8 Å². The summed E-state index contributed by atoms with van der Waals surface area (Å²) >= 11 is 0. The second-order valence-electron chi connectivity index (χ2n) is 3.43. The summed E-state index contributed by atoms with van der Waals surface area (Å²) in [7, 11) is -3.21. The number of terminal acetylenes is 1. The van der Waals surface area contributed by atoms with Crippen molar-refractivity contribution in [2.75, 3.05) is 18.1 Å². The van der Waals surface area contributed by atoms with Gasteiger partial charge in [0.25, 0.3) is 0 Å². The Balaban J connectivity index is 2.35. The Labute approximate surface area is 101 Å². The molecule has 0 aliphatic heterocycles. The summed E-state index contributed by atoms with van der Waals surface area (Å²) in [6, 6.07) is 5.97. The lowest BCUT2D eigenvalue weighted by atomic mass is 10.3. The maximum absolute atomic E-state index is 13.1. The Morgan fingerprint density at radius 1 is 1.35 bits per heavy atom. The summed E-state index contributed by atoms with van der Waals surface area (Å²) in [4.78, 5) is 0. The third-order valence-corrected chi connectivity index (χ3v) is 3.51. The van der Waals surface area contributed by atoms with Crippen LogP contribution in [0.2, 0.25) is 0 Å². The molecule has 0 aliphatic rings. The fraction of sp³-hybridized carbons (Fsp3) is 0.333. The van der Waals surface area contributed by atoms with Crippen LogP contribution in [0.4, 0.5) is 4.39 Å². The highest BCUT2D eigenvalue weighted by Gasteiger charge is 2.08. The van der Waals surface area contributed by atoms with E-state index in [2.05, 4.69) is 5.92 Å². The Kier molecular flexibility index (Phi) is 4.98. The number of benzene rings is 1. The van der Waals surface area contributed by atoms with Crippen LogP contribution in [-0.2, 0) is 9.84 Å². The van der Waals surface area contributed by atoms with Crippen LogP contribution in [0.1, 0.15) is 6.42 Å². The van der Waals surface area contributed by atoms with Gasteiger partial charge in [-0.3, -0.25) is 0 Å². The highest BCUT2D eigenvalue weighted by atomic mass is 32.2. The molecule has 5 heteroatoms. The Bertz CT molecular complexity index is 503. The minimum atomic E-state index is -3.21. The summed E-state index contributed by atoms with van der Waals surface area (Å²) in [6.07, 6.45) is 5.21. The van der Waals surface area contributed by atoms with Crippen molar-refractivity contribution in [2.45, 2.75) is 6.42 Å². The molecule has 0 unspecified atom stereocenters. The molecule has 0 saturated carbocycles. The smallest absolute Gasteiger partial charge is 0.165 e. The van der Waals surface area contributed by atoms with Gasteiger partial charge >= 0.3 is 0 Å². The lowest BCUT2D eigenvalue weighted by molar-refractivity contribution is 0.301. The predicted octanol–water partition coefficient (Wildman–Crippen LogP) is 1.64. The van der Waals surface area contributed by atoms with Crippen LogP contribution in [0.5, 0.6) is 5.75 Å². The van der Waals surface area contributed by atoms with E-state index in [-0.39, 0.29) is 23.9 Å². The maximum Gasteiger partial charge on any atom is 0.165 e. The van der Waals surface area contributed by atoms with Crippen molar-refractivity contribution in [2.24, 2.45) is 0 Å². The van der Waals surface area contributed by atoms with Crippen molar-refractivity contribution < 1.29 is 17.5 Å². The van der Waals surface area contributed by atoms with Gasteiger partial charge in [-0.1, -0.05) is 18.1 Å². The average molecular weight is 256 g/mol. The van der Waals surface area contributed by atoms with Gasteiger partial charge in [0.2, 0.25) is 0 Å². The quantitative estimate of drug-likeness (QED) is 0.574. The van der Waals surface area contributed by atoms with E-state index in [0.29, 0.717) is 6.42 Å². The molecule has 0 N–H and O–H groups in total. The number of hydrogen-bond acceptors (Lipinski definition) is 3. The van der Waals surface area contributed by atoms with Crippen LogP contribution in [0.15, 0.2) is 24.3 Å². The van der Waals surface area contributed by atoms with E-state index in [4.69, 9.17) is 11.2 Å². The Morgan fingerprint density at radius 2 is 2.06 bits per heavy atom. The molecule has 0 atom stereocenters. The molecule has 0 aliphatic carbocycles. The highest BCUT2D eigenvalue weighted by molar-refractivity contribution is 7.91. The molecule has 0 bridgehead atoms. The third kappa shape index (κ3) is 4.87. The van der Waals surface area contributed by atoms with Crippen molar-refractivity contribution >= 4 is 9.84 Å². The van der Waals surface area contributed by atoms with Crippen LogP contribution < -0.4 is 4.74 Å². The molecular weight excluding hydrogens is 243 g/mol. The van der Waals surface area contributed by atoms with Gasteiger partial charge in [0.15, 0.2) is 21.4 Å². The van der Waals surface area contributed by atoms with E-state index in [0.717, 1.165) is 0 Å². The summed E-state index contributed by atoms with van der Waals surface area (Å²) in [5.74, 6) is 1.43. The molecule has 1 rings (SSSR count). The van der Waals surface area contributed by atoms with Crippen LogP contribution >= 0.6 is 0 Å². The van der Waals surface area contributed by atoms with Gasteiger partial charge in [-0.25, -0.2) is 12.8 Å². The van der Waals surface area contributed by atoms with Crippen molar-refractivity contribution in [1.29, 1.82) is 0 Å². The fourth-order valence-corrected chi connectivity index (χ4v) is 2.18. The molecule has 1 aromatic rings. The lowest BCUT2D eigenvalue weighted by Crippen LogP contribution is -2.12. The van der Waals surface area contributed by atoms with E-state index in [1.165, 1.54) is 12.1 Å². The maximum atomic E-state index is 13.1. The van der Waals surface area contributed by atoms with Gasteiger partial charge < -0.3 is 4.74 Å². The van der Waals surface area contributed by atoms with Crippen LogP contribution in [0, 0.1) is 18.2 Å². The topological polar surface area (TPSA) is 43.4 Å². The molecule has 0 heterocycles. The van der Waals surface area contributed by atoms with Crippen molar-refractivity contribution in [3.8, 4) is 18.1 Å². The predicted molar refractivity (Wildman–Crippen MR) is 64.0 cm³/mol. The van der Waals surface area contributed by atoms with Gasteiger partial charge in [0.05, 0.1) is 12.4 Å². The second-order valence-corrected chi connectivity index (χ2v) is 5.61. The summed E-state index contributed by atoms with van der Waals surface area (Å²) in [6.45, 7) is 0.144. The molecular formula is C12H13FO3S. The minimum absolute atomic E-state index is 0.0499. The summed E-state index contributed by atoms with van der Waals surface area (Å²) < 4.78 is 40.7. The molecule has 0 radical (unpaired) electrons. The van der Waals surface area contributed by atoms with Gasteiger partial charge in [-0.15, -0.1) is 6.42 Å². The number of para-hydroxylation sites is 1. The van der Waals surface area contributed by atoms with E-state index >= 15 is 0 Å². The van der Waals surface area contributed by atoms with E-state index in [1.54, 1.807) is 12.1 Å². The normalized spacial score (nSPS) is 10.8. The first-order valence-electron chi connectivity index (χ1n) is 5.06. The molecule has 0 aromatic heterocycles. The number of hydrogen-bond donors (Lipinski definition) is 0. The molecule has 92 valence electrons. The molecule has 0 saturated heterocycles. The van der Waals surface area contributed by atoms with Gasteiger partial charge in [0.1, 0.15) is 5.75 Å². The first-order chi connectivity index (χ1) is 8.05. The first kappa shape index (κ1) is 13.5. The molecule has 0 spiro atoms. The monoisotopic (exact) mass is 256 g/mol. The number of halogens is 1. The van der Waals surface area contributed by atoms with Gasteiger partial charge in [0, 0.05) is 0 Å². The first-order valence-corrected chi connectivity index (χ1v) is 6.88. The molecule has 0 fully saturated rings. The molecule has 3 nitrogen and oxygen atoms in total. The van der Waals surface area contributed by atoms with Gasteiger partial charge in [-0.05, 0) is 18.6 Å². The summed E-state index contributed by atoms with van der Waals surface area (Å²) in [5.41, 5.74) is 0. The number of sulfone groups is 1. The number of rotatable bonds is 6. The van der Waals surface area contributed by atoms with Crippen molar-refractivity contribution in [1.82, 2.24) is 0 Å². The zero-order valence-electron chi connectivity index (χ0n) is 9.23. The van der Waals surface area contributed by atoms with E-state index in [1.807, 2.05) is 0 Å². The van der Waals surface area contributed by atoms with Crippen LogP contribution in [0.3, 0.4) is 0 Å². The third-order valence-electron chi connectivity index (χ3n) is 2.00. The largest absolute Gasteiger partial charge is 0.490 e. The molecule has 1 aromatic carbocycles. The zero-order valence-corrected chi connectivity index (χ0v) is 10.0. The minimum Gasteiger partial charge on any atom is -0.490 e. The molecule has 17 heavy (non-hydrogen) atoms. The van der Waals surface area contributed by atoms with Crippen LogP contribution in [-0.4, -0.2) is 26.5 Å². The van der Waals surface area contributed by atoms with Crippen molar-refractivity contribution in [3.05, 3.63) is 30.1 Å². The highest BCUT2D eigenvalue weighted by Crippen LogP contribution is 2.15. The fourth-order valence-electron chi connectivity index (χ4n) is 1.22. The van der Waals surface area contributed by atoms with Crippen LogP contribution in [0.25, 0.3) is 0 Å². The lowest BCUT2D eigenvalue weighted by Gasteiger charge is -2.06. The Hall–Kier alpha value is -1.54. The SMILES string of the molecule is C#CCS(=O)(=O)CCCOc1ccccc1F. The summed E-state index contributed by atoms with van der Waals surface area (Å²) in [5, 5.41) is 0. The average Bonchev–Trinajstić information content (AvgIpc) is 2.26. The zero-order chi connectivity index (χ0) is 12.7. The molecule has 0 amide bonds. The number of ether oxygens (including phenoxy) is 1. The Morgan fingerprint density at radius 3 is 2.71 bits per heavy atom. The standard InChI is InChI=1S/C12H13FO3S/c1-2-9-17(14,15)10-5-8-16-12-7-4-3-6-11(12)13/h1,3-4,6-7H,5,8-10H2. The van der Waals surface area contributed by atoms with Gasteiger partial charge in [-0.2, -0.15) is 0 Å². The second kappa shape index (κ2) is 6.26. The van der Waals surface area contributed by atoms with E-state index < -0.39 is 15.7 Å².